The van der Waals surface area contributed by atoms with Crippen LogP contribution in [0.15, 0.2) is 0 Å². The van der Waals surface area contributed by atoms with Gasteiger partial charge in [0.15, 0.2) is 0 Å². The third-order valence-electron chi connectivity index (χ3n) is 3.39. The second-order valence-corrected chi connectivity index (χ2v) is 6.37. The minimum Gasteiger partial charge on any atom is -0.444 e. The molecule has 0 bridgehead atoms. The molecule has 2 amide bonds. The highest BCUT2D eigenvalue weighted by molar-refractivity contribution is 5.85. The Balaban J connectivity index is 1.78. The number of nitrogens with one attached hydrogen (secondary N) is 1. The molecule has 0 aromatic rings. The van der Waals surface area contributed by atoms with Gasteiger partial charge in [0.25, 0.3) is 0 Å². The van der Waals surface area contributed by atoms with Crippen LogP contribution < -0.4 is 5.32 Å². The lowest BCUT2D eigenvalue weighted by atomic mass is 10.2. The Morgan fingerprint density at radius 3 is 2.33 bits per heavy atom. The molecule has 1 N–H and O–H groups in total. The Kier molecular flexibility index (Phi) is 3.25. The topological polar surface area (TPSA) is 58.6 Å². The fourth-order valence-corrected chi connectivity index (χ4v) is 2.40. The molecule has 0 spiro atoms. The van der Waals surface area contributed by atoms with Crippen molar-refractivity contribution in [2.75, 3.05) is 13.1 Å². The number of amides is 2. The third kappa shape index (κ3) is 3.15. The van der Waals surface area contributed by atoms with Gasteiger partial charge in [-0.25, -0.2) is 4.79 Å². The van der Waals surface area contributed by atoms with Gasteiger partial charge in [0.1, 0.15) is 11.6 Å². The van der Waals surface area contributed by atoms with Crippen LogP contribution in [0, 0.1) is 11.8 Å². The molecule has 2 unspecified atom stereocenters. The lowest BCUT2D eigenvalue weighted by Gasteiger charge is -2.25. The normalized spacial score (nSPS) is 27.4. The predicted octanol–water partition coefficient (Wildman–Crippen LogP) is 1.38. The summed E-state index contributed by atoms with van der Waals surface area (Å²) >= 11 is 0. The summed E-state index contributed by atoms with van der Waals surface area (Å²) in [5.74, 6) is 1.42. The van der Waals surface area contributed by atoms with Crippen LogP contribution in [0.3, 0.4) is 0 Å². The highest BCUT2D eigenvalue weighted by Gasteiger charge is 2.47. The van der Waals surface area contributed by atoms with E-state index in [1.165, 1.54) is 6.42 Å². The average Bonchev–Trinajstić information content (AvgIpc) is 2.81. The third-order valence-corrected chi connectivity index (χ3v) is 3.39. The van der Waals surface area contributed by atoms with Crippen molar-refractivity contribution >= 4 is 12.0 Å². The van der Waals surface area contributed by atoms with E-state index in [4.69, 9.17) is 4.74 Å². The zero-order chi connectivity index (χ0) is 13.5. The summed E-state index contributed by atoms with van der Waals surface area (Å²) < 4.78 is 5.13. The van der Waals surface area contributed by atoms with Gasteiger partial charge in [0.2, 0.25) is 5.91 Å². The molecule has 18 heavy (non-hydrogen) atoms. The average molecular weight is 254 g/mol. The summed E-state index contributed by atoms with van der Waals surface area (Å²) in [5, 5.41) is 2.59. The summed E-state index contributed by atoms with van der Waals surface area (Å²) in [6.07, 6.45) is 0.727. The molecule has 0 aromatic heterocycles. The number of rotatable bonds is 2. The maximum absolute atomic E-state index is 12.1. The monoisotopic (exact) mass is 254 g/mol. The van der Waals surface area contributed by atoms with Crippen molar-refractivity contribution in [3.05, 3.63) is 0 Å². The van der Waals surface area contributed by atoms with Gasteiger partial charge < -0.3 is 15.0 Å². The Morgan fingerprint density at radius 2 is 1.83 bits per heavy atom. The van der Waals surface area contributed by atoms with Crippen LogP contribution in [-0.2, 0) is 9.53 Å². The van der Waals surface area contributed by atoms with Crippen molar-refractivity contribution in [2.45, 2.75) is 45.8 Å². The van der Waals surface area contributed by atoms with E-state index in [1.54, 1.807) is 27.7 Å². The van der Waals surface area contributed by atoms with Crippen LogP contribution in [0.25, 0.3) is 0 Å². The maximum Gasteiger partial charge on any atom is 0.408 e. The first-order valence-electron chi connectivity index (χ1n) is 6.54. The lowest BCUT2D eigenvalue weighted by molar-refractivity contribution is -0.132. The zero-order valence-corrected chi connectivity index (χ0v) is 11.5. The highest BCUT2D eigenvalue weighted by atomic mass is 16.6. The largest absolute Gasteiger partial charge is 0.444 e. The Bertz CT molecular complexity index is 352. The molecule has 2 aliphatic rings. The van der Waals surface area contributed by atoms with E-state index in [0.717, 1.165) is 13.1 Å². The molecular weight excluding hydrogens is 232 g/mol. The molecule has 3 atom stereocenters. The van der Waals surface area contributed by atoms with Gasteiger partial charge >= 0.3 is 6.09 Å². The van der Waals surface area contributed by atoms with Crippen molar-refractivity contribution in [1.29, 1.82) is 0 Å². The number of likely N-dealkylation sites (tertiary alicyclic amines) is 1. The van der Waals surface area contributed by atoms with E-state index in [2.05, 4.69) is 5.32 Å². The van der Waals surface area contributed by atoms with Crippen LogP contribution in [0.4, 0.5) is 4.79 Å². The van der Waals surface area contributed by atoms with Gasteiger partial charge in [-0.05, 0) is 46.0 Å². The van der Waals surface area contributed by atoms with Crippen molar-refractivity contribution in [1.82, 2.24) is 10.2 Å². The van der Waals surface area contributed by atoms with Crippen molar-refractivity contribution in [2.24, 2.45) is 11.8 Å². The number of nitrogens with zero attached hydrogens (tertiary/aromatic N) is 1. The number of alkyl carbamates (subject to hydrolysis) is 1. The molecule has 1 saturated heterocycles. The molecule has 0 radical (unpaired) electrons. The molecule has 2 fully saturated rings. The first kappa shape index (κ1) is 13.2. The van der Waals surface area contributed by atoms with E-state index < -0.39 is 17.7 Å². The fourth-order valence-electron chi connectivity index (χ4n) is 2.40. The SMILES string of the molecule is C[C@@H](NC(=O)OC(C)(C)C)C(=O)N1CC2CC2C1. The number of carbonyl (C=O) groups excluding carboxylic acids is 2. The summed E-state index contributed by atoms with van der Waals surface area (Å²) in [6, 6.07) is -0.516. The predicted molar refractivity (Wildman–Crippen MR) is 67.0 cm³/mol. The maximum atomic E-state index is 12.1. The van der Waals surface area contributed by atoms with Crippen LogP contribution in [-0.4, -0.2) is 41.6 Å². The molecule has 1 aliphatic carbocycles. The van der Waals surface area contributed by atoms with Crippen LogP contribution in [0.1, 0.15) is 34.1 Å². The van der Waals surface area contributed by atoms with Gasteiger partial charge in [0, 0.05) is 13.1 Å². The van der Waals surface area contributed by atoms with Gasteiger partial charge in [0.05, 0.1) is 0 Å². The van der Waals surface area contributed by atoms with Gasteiger partial charge in [-0.1, -0.05) is 0 Å². The first-order chi connectivity index (χ1) is 8.26. The molecule has 5 heteroatoms. The Morgan fingerprint density at radius 1 is 1.28 bits per heavy atom. The molecule has 5 nitrogen and oxygen atoms in total. The van der Waals surface area contributed by atoms with E-state index in [9.17, 15) is 9.59 Å². The number of fused-ring (bicyclic) bond motifs is 1. The minimum absolute atomic E-state index is 0.00643. The standard InChI is InChI=1S/C13H22N2O3/c1-8(14-12(17)18-13(2,3)4)11(16)15-6-9-5-10(9)7-15/h8-10H,5-7H2,1-4H3,(H,14,17)/t8-,9?,10?/m1/s1. The number of piperidine rings is 1. The number of hydrogen-bond donors (Lipinski definition) is 1. The second-order valence-electron chi connectivity index (χ2n) is 6.37. The highest BCUT2D eigenvalue weighted by Crippen LogP contribution is 2.44. The van der Waals surface area contributed by atoms with E-state index in [0.29, 0.717) is 11.8 Å². The molecule has 1 aliphatic heterocycles. The van der Waals surface area contributed by atoms with E-state index in [-0.39, 0.29) is 5.91 Å². The van der Waals surface area contributed by atoms with Crippen molar-refractivity contribution in [3.63, 3.8) is 0 Å². The van der Waals surface area contributed by atoms with Crippen LogP contribution in [0.2, 0.25) is 0 Å². The Labute approximate surface area is 108 Å². The Hall–Kier alpha value is -1.26. The fraction of sp³-hybridized carbons (Fsp3) is 0.846. The summed E-state index contributed by atoms with van der Waals surface area (Å²) in [5.41, 5.74) is -0.540. The number of carbonyl (C=O) groups is 2. The van der Waals surface area contributed by atoms with Crippen LogP contribution in [0.5, 0.6) is 0 Å². The molecule has 2 rings (SSSR count). The van der Waals surface area contributed by atoms with Gasteiger partial charge in [-0.15, -0.1) is 0 Å². The quantitative estimate of drug-likeness (QED) is 0.810. The zero-order valence-electron chi connectivity index (χ0n) is 11.5. The molecule has 1 saturated carbocycles. The number of hydrogen-bond acceptors (Lipinski definition) is 3. The molecule has 0 aromatic carbocycles. The summed E-state index contributed by atoms with van der Waals surface area (Å²) in [4.78, 5) is 25.5. The summed E-state index contributed by atoms with van der Waals surface area (Å²) in [7, 11) is 0. The van der Waals surface area contributed by atoms with Crippen LogP contribution >= 0.6 is 0 Å². The number of ether oxygens (including phenoxy) is 1. The minimum atomic E-state index is -0.540. The summed E-state index contributed by atoms with van der Waals surface area (Å²) in [6.45, 7) is 8.80. The van der Waals surface area contributed by atoms with E-state index in [1.807, 2.05) is 4.90 Å². The molecular formula is C13H22N2O3. The van der Waals surface area contributed by atoms with E-state index >= 15 is 0 Å². The van der Waals surface area contributed by atoms with Crippen molar-refractivity contribution in [3.8, 4) is 0 Å². The smallest absolute Gasteiger partial charge is 0.408 e. The first-order valence-corrected chi connectivity index (χ1v) is 6.54. The molecule has 102 valence electrons. The lowest BCUT2D eigenvalue weighted by Crippen LogP contribution is -2.48. The van der Waals surface area contributed by atoms with Crippen molar-refractivity contribution < 1.29 is 14.3 Å². The van der Waals surface area contributed by atoms with Gasteiger partial charge in [-0.2, -0.15) is 0 Å². The molecule has 1 heterocycles. The second kappa shape index (κ2) is 4.44. The van der Waals surface area contributed by atoms with Gasteiger partial charge in [-0.3, -0.25) is 4.79 Å².